The predicted octanol–water partition coefficient (Wildman–Crippen LogP) is 0.312. The van der Waals surface area contributed by atoms with Crippen molar-refractivity contribution < 1.29 is 28.8 Å². The first-order valence-electron chi connectivity index (χ1n) is 4.83. The smallest absolute Gasteiger partial charge is 0.469 e. The fourth-order valence-electron chi connectivity index (χ4n) is 1.31. The van der Waals surface area contributed by atoms with E-state index in [9.17, 15) is 9.36 Å². The highest BCUT2D eigenvalue weighted by Gasteiger charge is 2.29. The van der Waals surface area contributed by atoms with Crippen molar-refractivity contribution >= 4 is 13.8 Å². The number of phosphoric ester groups is 1. The third kappa shape index (κ3) is 7.78. The van der Waals surface area contributed by atoms with Crippen molar-refractivity contribution in [2.24, 2.45) is 11.7 Å². The molecule has 0 aliphatic rings. The summed E-state index contributed by atoms with van der Waals surface area (Å²) in [6.07, 6.45) is -1.28. The zero-order valence-corrected chi connectivity index (χ0v) is 10.1. The van der Waals surface area contributed by atoms with E-state index in [0.29, 0.717) is 6.42 Å². The molecule has 0 saturated heterocycles. The maximum atomic E-state index is 10.6. The van der Waals surface area contributed by atoms with Gasteiger partial charge in [0, 0.05) is 6.04 Å². The number of carbonyl (C=O) groups is 1. The Hall–Kier alpha value is -0.460. The number of aliphatic carboxylic acids is 1. The number of carboxylic acid groups (broad SMARTS) is 1. The first kappa shape index (κ1) is 15.5. The first-order valence-corrected chi connectivity index (χ1v) is 6.36. The molecule has 0 fully saturated rings. The first-order chi connectivity index (χ1) is 7.11. The quantitative estimate of drug-likeness (QED) is 0.481. The molecule has 0 spiro atoms. The van der Waals surface area contributed by atoms with Gasteiger partial charge in [-0.2, -0.15) is 0 Å². The predicted molar refractivity (Wildman–Crippen MR) is 56.6 cm³/mol. The van der Waals surface area contributed by atoms with E-state index in [2.05, 4.69) is 4.52 Å². The summed E-state index contributed by atoms with van der Waals surface area (Å²) >= 11 is 0. The van der Waals surface area contributed by atoms with Crippen molar-refractivity contribution in [3.05, 3.63) is 0 Å². The highest BCUT2D eigenvalue weighted by molar-refractivity contribution is 7.46. The monoisotopic (exact) mass is 255 g/mol. The lowest BCUT2D eigenvalue weighted by Gasteiger charge is -2.24. The van der Waals surface area contributed by atoms with Crippen LogP contribution < -0.4 is 5.73 Å². The van der Waals surface area contributed by atoms with Gasteiger partial charge in [-0.15, -0.1) is 0 Å². The zero-order chi connectivity index (χ0) is 12.9. The van der Waals surface area contributed by atoms with E-state index < -0.39 is 32.4 Å². The Bertz CT molecular complexity index is 276. The third-order valence-corrected chi connectivity index (χ3v) is 2.42. The molecule has 7 nitrogen and oxygen atoms in total. The van der Waals surface area contributed by atoms with Crippen LogP contribution in [0.4, 0.5) is 0 Å². The number of nitrogens with two attached hydrogens (primary N) is 1. The summed E-state index contributed by atoms with van der Waals surface area (Å²) in [5.41, 5.74) is 5.64. The molecule has 8 heteroatoms. The van der Waals surface area contributed by atoms with Crippen LogP contribution in [0.25, 0.3) is 0 Å². The van der Waals surface area contributed by atoms with Crippen LogP contribution in [0.3, 0.4) is 0 Å². The summed E-state index contributed by atoms with van der Waals surface area (Å²) in [5, 5.41) is 8.58. The summed E-state index contributed by atoms with van der Waals surface area (Å²) in [4.78, 5) is 27.7. The minimum absolute atomic E-state index is 0.187. The van der Waals surface area contributed by atoms with Gasteiger partial charge in [-0.1, -0.05) is 13.8 Å². The van der Waals surface area contributed by atoms with E-state index in [4.69, 9.17) is 20.6 Å². The van der Waals surface area contributed by atoms with Crippen LogP contribution in [0.1, 0.15) is 26.7 Å². The van der Waals surface area contributed by atoms with E-state index >= 15 is 0 Å². The second-order valence-electron chi connectivity index (χ2n) is 4.03. The van der Waals surface area contributed by atoms with Crippen LogP contribution >= 0.6 is 7.82 Å². The van der Waals surface area contributed by atoms with Gasteiger partial charge in [0.1, 0.15) is 0 Å². The molecule has 0 heterocycles. The molecule has 0 radical (unpaired) electrons. The highest BCUT2D eigenvalue weighted by atomic mass is 31.2. The molecular formula is C8H18NO6P. The van der Waals surface area contributed by atoms with E-state index in [1.54, 1.807) is 0 Å². The maximum absolute atomic E-state index is 10.6. The average molecular weight is 255 g/mol. The molecule has 96 valence electrons. The van der Waals surface area contributed by atoms with Gasteiger partial charge in [0.15, 0.2) is 0 Å². The van der Waals surface area contributed by atoms with Crippen molar-refractivity contribution in [2.45, 2.75) is 38.8 Å². The molecule has 16 heavy (non-hydrogen) atoms. The molecule has 0 aliphatic carbocycles. The number of phosphoric acid groups is 1. The highest BCUT2D eigenvalue weighted by Crippen LogP contribution is 2.39. The van der Waals surface area contributed by atoms with Gasteiger partial charge >= 0.3 is 13.8 Å². The SMILES string of the molecule is CC(C)C[C@H](N)[C@H](CC(=O)O)OP(=O)(O)O. The minimum Gasteiger partial charge on any atom is -0.481 e. The Morgan fingerprint density at radius 2 is 1.94 bits per heavy atom. The molecule has 0 amide bonds. The van der Waals surface area contributed by atoms with Crippen molar-refractivity contribution in [2.75, 3.05) is 0 Å². The fraction of sp³-hybridized carbons (Fsp3) is 0.875. The van der Waals surface area contributed by atoms with Crippen molar-refractivity contribution in [3.8, 4) is 0 Å². The third-order valence-electron chi connectivity index (χ3n) is 1.87. The second-order valence-corrected chi connectivity index (χ2v) is 5.22. The van der Waals surface area contributed by atoms with Crippen molar-refractivity contribution in [1.82, 2.24) is 0 Å². The summed E-state index contributed by atoms with van der Waals surface area (Å²) in [6, 6.07) is -0.719. The summed E-state index contributed by atoms with van der Waals surface area (Å²) < 4.78 is 15.0. The number of rotatable bonds is 7. The Labute approximate surface area is 93.8 Å². The Kier molecular flexibility index (Phi) is 6.14. The van der Waals surface area contributed by atoms with Gasteiger partial charge in [0.2, 0.25) is 0 Å². The second kappa shape index (κ2) is 6.32. The molecule has 0 aromatic rings. The van der Waals surface area contributed by atoms with Gasteiger partial charge in [0.05, 0.1) is 12.5 Å². The molecule has 0 aromatic carbocycles. The van der Waals surface area contributed by atoms with Crippen LogP contribution in [-0.4, -0.2) is 33.0 Å². The van der Waals surface area contributed by atoms with E-state index in [1.165, 1.54) is 0 Å². The van der Waals surface area contributed by atoms with Crippen molar-refractivity contribution in [3.63, 3.8) is 0 Å². The molecule has 2 atom stereocenters. The van der Waals surface area contributed by atoms with Crippen LogP contribution in [0.5, 0.6) is 0 Å². The zero-order valence-electron chi connectivity index (χ0n) is 9.24. The van der Waals surface area contributed by atoms with E-state index in [1.807, 2.05) is 13.8 Å². The van der Waals surface area contributed by atoms with Crippen LogP contribution in [0.15, 0.2) is 0 Å². The van der Waals surface area contributed by atoms with Gasteiger partial charge in [0.25, 0.3) is 0 Å². The molecular weight excluding hydrogens is 237 g/mol. The van der Waals surface area contributed by atoms with Gasteiger partial charge in [-0.3, -0.25) is 9.32 Å². The molecule has 0 aliphatic heterocycles. The lowest BCUT2D eigenvalue weighted by molar-refractivity contribution is -0.139. The van der Waals surface area contributed by atoms with E-state index in [-0.39, 0.29) is 5.92 Å². The van der Waals surface area contributed by atoms with E-state index in [0.717, 1.165) is 0 Å². The molecule has 5 N–H and O–H groups in total. The standard InChI is InChI=1S/C8H18NO6P/c1-5(2)3-6(9)7(4-8(10)11)15-16(12,13)14/h5-7H,3-4,9H2,1-2H3,(H,10,11)(H2,12,13,14)/t6-,7-/m0/s1. The van der Waals surface area contributed by atoms with Crippen LogP contribution in [0.2, 0.25) is 0 Å². The average Bonchev–Trinajstić information content (AvgIpc) is 1.97. The number of hydrogen-bond donors (Lipinski definition) is 4. The van der Waals surface area contributed by atoms with Crippen LogP contribution in [-0.2, 0) is 13.9 Å². The molecule has 0 saturated carbocycles. The van der Waals surface area contributed by atoms with Gasteiger partial charge in [-0.05, 0) is 12.3 Å². The molecule has 0 unspecified atom stereocenters. The molecule has 0 rings (SSSR count). The van der Waals surface area contributed by atoms with Crippen LogP contribution in [0, 0.1) is 5.92 Å². The molecule has 0 bridgehead atoms. The summed E-state index contributed by atoms with van der Waals surface area (Å²) in [5.74, 6) is -1.02. The number of hydrogen-bond acceptors (Lipinski definition) is 4. The lowest BCUT2D eigenvalue weighted by Crippen LogP contribution is -2.38. The Morgan fingerprint density at radius 1 is 1.44 bits per heavy atom. The lowest BCUT2D eigenvalue weighted by atomic mass is 9.98. The fourth-order valence-corrected chi connectivity index (χ4v) is 1.90. The Morgan fingerprint density at radius 3 is 2.25 bits per heavy atom. The maximum Gasteiger partial charge on any atom is 0.469 e. The minimum atomic E-state index is -4.72. The largest absolute Gasteiger partial charge is 0.481 e. The normalized spacial score (nSPS) is 16.1. The van der Waals surface area contributed by atoms with Crippen molar-refractivity contribution in [1.29, 1.82) is 0 Å². The summed E-state index contributed by atoms with van der Waals surface area (Å²) in [6.45, 7) is 3.74. The Balaban J connectivity index is 4.53. The molecule has 0 aromatic heterocycles. The topological polar surface area (TPSA) is 130 Å². The number of carboxylic acids is 1. The van der Waals surface area contributed by atoms with Gasteiger partial charge < -0.3 is 20.6 Å². The summed E-state index contributed by atoms with van der Waals surface area (Å²) in [7, 11) is -4.72. The van der Waals surface area contributed by atoms with Gasteiger partial charge in [-0.25, -0.2) is 4.57 Å².